The summed E-state index contributed by atoms with van der Waals surface area (Å²) >= 11 is 0. The van der Waals surface area contributed by atoms with E-state index in [-0.39, 0.29) is 23.7 Å². The largest absolute Gasteiger partial charge is 0.355 e. The summed E-state index contributed by atoms with van der Waals surface area (Å²) in [6, 6.07) is 4.19. The van der Waals surface area contributed by atoms with Crippen LogP contribution >= 0.6 is 0 Å². The lowest BCUT2D eigenvalue weighted by Gasteiger charge is -2.27. The summed E-state index contributed by atoms with van der Waals surface area (Å²) in [5.74, 6) is 0.271. The van der Waals surface area contributed by atoms with Gasteiger partial charge in [-0.25, -0.2) is 0 Å². The zero-order valence-corrected chi connectivity index (χ0v) is 16.8. The number of benzene rings is 1. The van der Waals surface area contributed by atoms with Gasteiger partial charge in [-0.3, -0.25) is 9.59 Å². The molecule has 0 unspecified atom stereocenters. The molecule has 0 radical (unpaired) electrons. The van der Waals surface area contributed by atoms with Crippen molar-refractivity contribution in [2.75, 3.05) is 32.5 Å². The number of anilines is 1. The minimum Gasteiger partial charge on any atom is -0.355 e. The van der Waals surface area contributed by atoms with Crippen molar-refractivity contribution < 1.29 is 9.59 Å². The molecule has 0 saturated heterocycles. The minimum atomic E-state index is 0.000859. The third-order valence-electron chi connectivity index (χ3n) is 5.25. The maximum atomic E-state index is 12.7. The van der Waals surface area contributed by atoms with Crippen LogP contribution in [0.15, 0.2) is 12.1 Å². The van der Waals surface area contributed by atoms with Crippen LogP contribution in [0.2, 0.25) is 0 Å². The van der Waals surface area contributed by atoms with E-state index < -0.39 is 0 Å². The maximum absolute atomic E-state index is 12.7. The molecule has 5 heteroatoms. The van der Waals surface area contributed by atoms with Crippen molar-refractivity contribution in [3.8, 4) is 0 Å². The van der Waals surface area contributed by atoms with E-state index in [4.69, 9.17) is 0 Å². The van der Waals surface area contributed by atoms with Crippen molar-refractivity contribution in [1.82, 2.24) is 10.2 Å². The van der Waals surface area contributed by atoms with Crippen LogP contribution in [0.1, 0.15) is 42.4 Å². The first-order chi connectivity index (χ1) is 12.3. The molecule has 1 aromatic rings. The highest BCUT2D eigenvalue weighted by atomic mass is 16.2. The summed E-state index contributed by atoms with van der Waals surface area (Å²) in [6.07, 6.45) is 3.14. The molecule has 26 heavy (non-hydrogen) atoms. The van der Waals surface area contributed by atoms with E-state index in [2.05, 4.69) is 34.6 Å². The van der Waals surface area contributed by atoms with Gasteiger partial charge in [0.25, 0.3) is 0 Å². The Hall–Kier alpha value is -1.88. The van der Waals surface area contributed by atoms with Crippen LogP contribution in [-0.2, 0) is 9.59 Å². The summed E-state index contributed by atoms with van der Waals surface area (Å²) < 4.78 is 0. The summed E-state index contributed by atoms with van der Waals surface area (Å²) in [5, 5.41) is 6.13. The average Bonchev–Trinajstić information content (AvgIpc) is 2.57. The van der Waals surface area contributed by atoms with Crippen LogP contribution < -0.4 is 10.6 Å². The number of aryl methyl sites for hydroxylation is 3. The van der Waals surface area contributed by atoms with E-state index in [0.717, 1.165) is 49.0 Å². The number of hydrogen-bond donors (Lipinski definition) is 2. The van der Waals surface area contributed by atoms with Gasteiger partial charge in [0.2, 0.25) is 11.8 Å². The molecule has 2 N–H and O–H groups in total. The van der Waals surface area contributed by atoms with Crippen LogP contribution in [0.25, 0.3) is 0 Å². The summed E-state index contributed by atoms with van der Waals surface area (Å²) in [7, 11) is 3.99. The highest BCUT2D eigenvalue weighted by Gasteiger charge is 2.30. The lowest BCUT2D eigenvalue weighted by atomic mass is 9.81. The van der Waals surface area contributed by atoms with Crippen LogP contribution in [0, 0.1) is 32.6 Å². The maximum Gasteiger partial charge on any atom is 0.227 e. The van der Waals surface area contributed by atoms with Crippen molar-refractivity contribution in [3.63, 3.8) is 0 Å². The zero-order valence-electron chi connectivity index (χ0n) is 16.8. The second kappa shape index (κ2) is 9.17. The second-order valence-electron chi connectivity index (χ2n) is 7.91. The number of carbonyl (C=O) groups is 2. The van der Waals surface area contributed by atoms with Gasteiger partial charge < -0.3 is 15.5 Å². The first kappa shape index (κ1) is 20.4. The molecule has 1 aromatic carbocycles. The minimum absolute atomic E-state index is 0.000859. The molecular weight excluding hydrogens is 326 g/mol. The van der Waals surface area contributed by atoms with Gasteiger partial charge in [0.05, 0.1) is 0 Å². The Morgan fingerprint density at radius 3 is 1.96 bits per heavy atom. The molecule has 1 fully saturated rings. The van der Waals surface area contributed by atoms with E-state index in [9.17, 15) is 9.59 Å². The fourth-order valence-electron chi connectivity index (χ4n) is 3.77. The monoisotopic (exact) mass is 359 g/mol. The molecule has 2 amide bonds. The van der Waals surface area contributed by atoms with Crippen LogP contribution in [0.4, 0.5) is 5.69 Å². The van der Waals surface area contributed by atoms with Crippen molar-refractivity contribution in [2.24, 2.45) is 11.8 Å². The molecule has 5 nitrogen and oxygen atoms in total. The molecule has 0 bridgehead atoms. The van der Waals surface area contributed by atoms with Crippen molar-refractivity contribution in [2.45, 2.75) is 46.5 Å². The lowest BCUT2D eigenvalue weighted by molar-refractivity contribution is -0.128. The quantitative estimate of drug-likeness (QED) is 0.821. The van der Waals surface area contributed by atoms with Crippen LogP contribution in [0.5, 0.6) is 0 Å². The number of rotatable bonds is 6. The number of hydrogen-bond acceptors (Lipinski definition) is 3. The Labute approximate surface area is 157 Å². The Morgan fingerprint density at radius 2 is 1.46 bits per heavy atom. The van der Waals surface area contributed by atoms with E-state index in [1.165, 1.54) is 5.56 Å². The van der Waals surface area contributed by atoms with Gasteiger partial charge in [-0.15, -0.1) is 0 Å². The Bertz CT molecular complexity index is 624. The molecular formula is C21H33N3O2. The van der Waals surface area contributed by atoms with Gasteiger partial charge in [-0.05, 0) is 71.7 Å². The third-order valence-corrected chi connectivity index (χ3v) is 5.25. The lowest BCUT2D eigenvalue weighted by Crippen LogP contribution is -2.38. The molecule has 0 spiro atoms. The molecule has 1 aliphatic rings. The number of amides is 2. The fourth-order valence-corrected chi connectivity index (χ4v) is 3.77. The summed E-state index contributed by atoms with van der Waals surface area (Å²) in [6.45, 7) is 7.66. The molecule has 0 aliphatic heterocycles. The second-order valence-corrected chi connectivity index (χ2v) is 7.91. The number of nitrogens with one attached hydrogen (secondary N) is 2. The van der Waals surface area contributed by atoms with Crippen LogP contribution in [-0.4, -0.2) is 43.9 Å². The predicted octanol–water partition coefficient (Wildman–Crippen LogP) is 3.03. The smallest absolute Gasteiger partial charge is 0.227 e. The van der Waals surface area contributed by atoms with Gasteiger partial charge in [-0.1, -0.05) is 17.7 Å². The highest BCUT2D eigenvalue weighted by Crippen LogP contribution is 2.31. The summed E-state index contributed by atoms with van der Waals surface area (Å²) in [5.41, 5.74) is 4.34. The number of likely N-dealkylation sites (N-methyl/N-ethyl adjacent to an activating group) is 1. The van der Waals surface area contributed by atoms with Gasteiger partial charge in [0.1, 0.15) is 0 Å². The third kappa shape index (κ3) is 5.56. The molecule has 2 rings (SSSR count). The van der Waals surface area contributed by atoms with Gasteiger partial charge in [-0.2, -0.15) is 0 Å². The normalized spacial score (nSPS) is 20.1. The molecule has 0 aromatic heterocycles. The average molecular weight is 360 g/mol. The van der Waals surface area contributed by atoms with Gasteiger partial charge in [0, 0.05) is 30.6 Å². The first-order valence-corrected chi connectivity index (χ1v) is 9.59. The predicted molar refractivity (Wildman–Crippen MR) is 106 cm³/mol. The topological polar surface area (TPSA) is 61.4 Å². The zero-order chi connectivity index (χ0) is 19.3. The van der Waals surface area contributed by atoms with Crippen molar-refractivity contribution in [1.29, 1.82) is 0 Å². The Kier molecular flexibility index (Phi) is 7.21. The van der Waals surface area contributed by atoms with Gasteiger partial charge >= 0.3 is 0 Å². The molecule has 0 atom stereocenters. The standard InChI is InChI=1S/C21H33N3O2/c1-14-12-15(2)19(16(3)13-14)23-21(26)18-8-6-17(7-9-18)20(25)22-10-11-24(4)5/h12-13,17-18H,6-11H2,1-5H3,(H,22,25)(H,23,26). The first-order valence-electron chi connectivity index (χ1n) is 9.59. The Morgan fingerprint density at radius 1 is 0.962 bits per heavy atom. The van der Waals surface area contributed by atoms with Crippen molar-refractivity contribution >= 4 is 17.5 Å². The molecule has 1 aliphatic carbocycles. The SMILES string of the molecule is Cc1cc(C)c(NC(=O)C2CCC(C(=O)NCCN(C)C)CC2)c(C)c1. The van der Waals surface area contributed by atoms with E-state index in [1.807, 2.05) is 27.9 Å². The van der Waals surface area contributed by atoms with Crippen molar-refractivity contribution in [3.05, 3.63) is 28.8 Å². The highest BCUT2D eigenvalue weighted by molar-refractivity contribution is 5.94. The summed E-state index contributed by atoms with van der Waals surface area (Å²) in [4.78, 5) is 27.0. The van der Waals surface area contributed by atoms with E-state index in [0.29, 0.717) is 6.54 Å². The van der Waals surface area contributed by atoms with E-state index in [1.54, 1.807) is 0 Å². The Balaban J connectivity index is 1.84. The molecule has 144 valence electrons. The fraction of sp³-hybridized carbons (Fsp3) is 0.619. The van der Waals surface area contributed by atoms with Gasteiger partial charge in [0.15, 0.2) is 0 Å². The molecule has 0 heterocycles. The van der Waals surface area contributed by atoms with E-state index >= 15 is 0 Å². The number of carbonyl (C=O) groups excluding carboxylic acids is 2. The molecule has 1 saturated carbocycles. The number of nitrogens with zero attached hydrogens (tertiary/aromatic N) is 1. The van der Waals surface area contributed by atoms with Crippen LogP contribution in [0.3, 0.4) is 0 Å².